The summed E-state index contributed by atoms with van der Waals surface area (Å²) in [6.45, 7) is 7.35. The van der Waals surface area contributed by atoms with E-state index >= 15 is 0 Å². The van der Waals surface area contributed by atoms with Crippen molar-refractivity contribution in [3.8, 4) is 50.7 Å². The summed E-state index contributed by atoms with van der Waals surface area (Å²) in [7, 11) is 0. The fourth-order valence-electron chi connectivity index (χ4n) is 14.4. The van der Waals surface area contributed by atoms with Crippen molar-refractivity contribution in [2.45, 2.75) is 38.3 Å². The van der Waals surface area contributed by atoms with Gasteiger partial charge < -0.3 is 14.2 Å². The van der Waals surface area contributed by atoms with E-state index in [1.165, 1.54) is 110 Å². The second-order valence-electron chi connectivity index (χ2n) is 23.4. The van der Waals surface area contributed by atoms with Crippen LogP contribution in [-0.2, 0) is 17.5 Å². The number of hydrogen-bond donors (Lipinski definition) is 0. The van der Waals surface area contributed by atoms with E-state index in [1.54, 1.807) is 0 Å². The molecular formula is C77H54N4O. The quantitative estimate of drug-likeness (QED) is 0.172. The van der Waals surface area contributed by atoms with Crippen molar-refractivity contribution >= 4 is 76.5 Å². The van der Waals surface area contributed by atoms with Crippen molar-refractivity contribution in [1.82, 2.24) is 14.1 Å². The third-order valence-corrected chi connectivity index (χ3v) is 18.1. The predicted octanol–water partition coefficient (Wildman–Crippen LogP) is 19.9. The number of hydrogen-bond acceptors (Lipinski definition) is 3. The molecule has 1 aliphatic heterocycles. The first kappa shape index (κ1) is 46.7. The Balaban J connectivity index is 0.829. The molecule has 0 atom stereocenters. The third-order valence-electron chi connectivity index (χ3n) is 18.1. The average Bonchev–Trinajstić information content (AvgIpc) is 2.18. The number of fused-ring (bicyclic) bond motifs is 20. The lowest BCUT2D eigenvalue weighted by atomic mass is 9.70. The molecule has 82 heavy (non-hydrogen) atoms. The molecule has 0 radical (unpaired) electrons. The Morgan fingerprint density at radius 2 is 0.951 bits per heavy atom. The first-order valence-corrected chi connectivity index (χ1v) is 28.5. The van der Waals surface area contributed by atoms with E-state index in [0.717, 1.165) is 45.1 Å². The molecule has 5 nitrogen and oxygen atoms in total. The van der Waals surface area contributed by atoms with E-state index in [9.17, 15) is 0 Å². The first-order chi connectivity index (χ1) is 40.3. The molecule has 0 unspecified atom stereocenters. The highest BCUT2D eigenvalue weighted by molar-refractivity contribution is 6.21. The standard InChI is InChI=1S/C77H54N4O/c1-76(2,3)50-40-41-78-74(44-50)81-71-32-15-10-26-62(71)63-39-36-53(46-73(63)81)82-52-19-16-18-51(45-52)79-47-80-70-31-14-9-25-61(70)55-21-5-4-20-54(55)56-37-34-48(42-65(56)64-27-17-33-72(79)75(64)80)49-35-38-60-59-24-8-13-30-68(59)77(69(60)43-49)66-28-11-6-22-57(66)58-23-7-12-29-67(58)77/h4-46H,47H2,1-3H3. The molecule has 0 fully saturated rings. The first-order valence-electron chi connectivity index (χ1n) is 28.5. The molecule has 0 amide bonds. The molecule has 3 aromatic heterocycles. The predicted molar refractivity (Wildman–Crippen MR) is 340 cm³/mol. The summed E-state index contributed by atoms with van der Waals surface area (Å²) < 4.78 is 11.7. The average molecular weight is 1050 g/mol. The highest BCUT2D eigenvalue weighted by Crippen LogP contribution is 2.63. The molecule has 17 rings (SSSR count). The Labute approximate surface area is 475 Å². The van der Waals surface area contributed by atoms with Gasteiger partial charge in [-0.3, -0.25) is 4.57 Å². The number of rotatable bonds is 5. The monoisotopic (exact) mass is 1050 g/mol. The maximum absolute atomic E-state index is 6.92. The molecule has 0 bridgehead atoms. The van der Waals surface area contributed by atoms with Crippen LogP contribution in [0.1, 0.15) is 48.6 Å². The molecule has 0 saturated heterocycles. The molecule has 0 N–H and O–H groups in total. The Morgan fingerprint density at radius 1 is 0.402 bits per heavy atom. The number of anilines is 2. The van der Waals surface area contributed by atoms with Crippen LogP contribution in [-0.4, -0.2) is 14.1 Å². The second-order valence-corrected chi connectivity index (χ2v) is 23.4. The molecule has 2 aliphatic carbocycles. The van der Waals surface area contributed by atoms with Crippen LogP contribution < -0.4 is 9.64 Å². The minimum absolute atomic E-state index is 0.0255. The van der Waals surface area contributed by atoms with Gasteiger partial charge in [0.15, 0.2) is 0 Å². The van der Waals surface area contributed by atoms with E-state index in [4.69, 9.17) is 9.72 Å². The van der Waals surface area contributed by atoms with Gasteiger partial charge in [0.1, 0.15) is 24.0 Å². The normalized spacial score (nSPS) is 13.6. The molecule has 0 saturated carbocycles. The van der Waals surface area contributed by atoms with Crippen LogP contribution in [0, 0.1) is 0 Å². The topological polar surface area (TPSA) is 35.2 Å². The molecule has 3 aliphatic rings. The zero-order valence-corrected chi connectivity index (χ0v) is 45.7. The minimum Gasteiger partial charge on any atom is -0.457 e. The molecule has 11 aromatic carbocycles. The second kappa shape index (κ2) is 17.4. The summed E-state index contributed by atoms with van der Waals surface area (Å²) in [6.07, 6.45) is 1.93. The Bertz CT molecular complexity index is 5060. The Morgan fingerprint density at radius 3 is 1.68 bits per heavy atom. The molecule has 1 spiro atoms. The van der Waals surface area contributed by atoms with Gasteiger partial charge in [0.2, 0.25) is 0 Å². The molecule has 14 aromatic rings. The van der Waals surface area contributed by atoms with Crippen LogP contribution in [0.15, 0.2) is 261 Å². The van der Waals surface area contributed by atoms with Gasteiger partial charge in [-0.25, -0.2) is 4.98 Å². The van der Waals surface area contributed by atoms with Crippen LogP contribution in [0.25, 0.3) is 104 Å². The van der Waals surface area contributed by atoms with E-state index in [1.807, 2.05) is 6.20 Å². The van der Waals surface area contributed by atoms with Crippen molar-refractivity contribution in [3.63, 3.8) is 0 Å². The SMILES string of the molecule is CC(C)(C)c1ccnc(-n2c3ccccc3c3ccc(Oc4cccc(N5Cn6c7ccccc7c7ccccc7c7ccc(-c8ccc9c(c8)C8(c%10ccccc%10-c%10ccccc%108)c8ccccc8-9)cc7c7cccc5c76)c4)cc32)c1. The minimum atomic E-state index is -0.431. The van der Waals surface area contributed by atoms with Gasteiger partial charge >= 0.3 is 0 Å². The van der Waals surface area contributed by atoms with E-state index < -0.39 is 5.41 Å². The van der Waals surface area contributed by atoms with E-state index in [2.05, 4.69) is 290 Å². The highest BCUT2D eigenvalue weighted by Gasteiger charge is 2.51. The molecular weight excluding hydrogens is 997 g/mol. The zero-order chi connectivity index (χ0) is 54.4. The van der Waals surface area contributed by atoms with Gasteiger partial charge in [0.25, 0.3) is 0 Å². The summed E-state index contributed by atoms with van der Waals surface area (Å²) in [6, 6.07) is 94.4. The maximum Gasteiger partial charge on any atom is 0.137 e. The van der Waals surface area contributed by atoms with Crippen LogP contribution >= 0.6 is 0 Å². The third kappa shape index (κ3) is 6.65. The van der Waals surface area contributed by atoms with Crippen molar-refractivity contribution in [3.05, 3.63) is 289 Å². The highest BCUT2D eigenvalue weighted by atomic mass is 16.5. The smallest absolute Gasteiger partial charge is 0.137 e. The number of aromatic nitrogens is 3. The zero-order valence-electron chi connectivity index (χ0n) is 45.7. The van der Waals surface area contributed by atoms with Crippen molar-refractivity contribution in [2.75, 3.05) is 4.90 Å². The van der Waals surface area contributed by atoms with Crippen molar-refractivity contribution in [1.29, 1.82) is 0 Å². The number of nitrogens with zero attached hydrogens (tertiary/aromatic N) is 4. The van der Waals surface area contributed by atoms with Crippen LogP contribution in [0.4, 0.5) is 11.4 Å². The van der Waals surface area contributed by atoms with Crippen LogP contribution in [0.2, 0.25) is 0 Å². The molecule has 388 valence electrons. The summed E-state index contributed by atoms with van der Waals surface area (Å²) in [4.78, 5) is 7.38. The fraction of sp³-hybridized carbons (Fsp3) is 0.0779. The lowest BCUT2D eigenvalue weighted by Gasteiger charge is -2.30. The van der Waals surface area contributed by atoms with Crippen LogP contribution in [0.3, 0.4) is 0 Å². The van der Waals surface area contributed by atoms with Gasteiger partial charge in [-0.05, 0) is 155 Å². The lowest BCUT2D eigenvalue weighted by Crippen LogP contribution is -2.25. The largest absolute Gasteiger partial charge is 0.457 e. The van der Waals surface area contributed by atoms with Crippen LogP contribution in [0.5, 0.6) is 11.5 Å². The van der Waals surface area contributed by atoms with E-state index in [-0.39, 0.29) is 5.41 Å². The van der Waals surface area contributed by atoms with E-state index in [0.29, 0.717) is 6.67 Å². The van der Waals surface area contributed by atoms with Gasteiger partial charge in [0.05, 0.1) is 33.2 Å². The summed E-state index contributed by atoms with van der Waals surface area (Å²) in [5.74, 6) is 2.41. The maximum atomic E-state index is 6.92. The number of para-hydroxylation sites is 3. The Hall–Kier alpha value is -10.2. The van der Waals surface area contributed by atoms with Crippen molar-refractivity contribution in [2.24, 2.45) is 0 Å². The summed E-state index contributed by atoms with van der Waals surface area (Å²) >= 11 is 0. The molecule has 5 heteroatoms. The summed E-state index contributed by atoms with van der Waals surface area (Å²) in [5.41, 5.74) is 20.5. The Kier molecular flexibility index (Phi) is 9.89. The van der Waals surface area contributed by atoms with Crippen molar-refractivity contribution < 1.29 is 4.74 Å². The van der Waals surface area contributed by atoms with Gasteiger partial charge in [-0.1, -0.05) is 197 Å². The molecule has 4 heterocycles. The van der Waals surface area contributed by atoms with Gasteiger partial charge in [-0.15, -0.1) is 0 Å². The number of benzene rings is 11. The number of ether oxygens (including phenoxy) is 1. The van der Waals surface area contributed by atoms with Gasteiger partial charge in [0, 0.05) is 45.6 Å². The summed E-state index contributed by atoms with van der Waals surface area (Å²) in [5, 5.41) is 9.54. The number of pyridine rings is 1. The lowest BCUT2D eigenvalue weighted by molar-refractivity contribution is 0.483. The fourth-order valence-corrected chi connectivity index (χ4v) is 14.4. The van der Waals surface area contributed by atoms with Gasteiger partial charge in [-0.2, -0.15) is 0 Å².